The Labute approximate surface area is 151 Å². The summed E-state index contributed by atoms with van der Waals surface area (Å²) in [5.74, 6) is -0.509. The van der Waals surface area contributed by atoms with Crippen LogP contribution in [0.15, 0.2) is 29.1 Å². The molecule has 8 heteroatoms. The summed E-state index contributed by atoms with van der Waals surface area (Å²) in [5, 5.41) is 6.82. The summed E-state index contributed by atoms with van der Waals surface area (Å²) < 4.78 is 2.40. The van der Waals surface area contributed by atoms with E-state index in [2.05, 4.69) is 10.4 Å². The molecule has 0 bridgehead atoms. The van der Waals surface area contributed by atoms with Gasteiger partial charge in [0.15, 0.2) is 0 Å². The van der Waals surface area contributed by atoms with Crippen molar-refractivity contribution >= 4 is 11.8 Å². The third-order valence-electron chi connectivity index (χ3n) is 4.19. The van der Waals surface area contributed by atoms with Gasteiger partial charge in [-0.25, -0.2) is 9.48 Å². The smallest absolute Gasteiger partial charge is 0.346 e. The molecule has 2 aromatic rings. The van der Waals surface area contributed by atoms with Gasteiger partial charge >= 0.3 is 5.69 Å². The highest BCUT2D eigenvalue weighted by molar-refractivity contribution is 5.91. The van der Waals surface area contributed by atoms with Gasteiger partial charge in [0.2, 0.25) is 11.7 Å². The number of nitrogens with zero attached hydrogens (tertiary/aromatic N) is 4. The van der Waals surface area contributed by atoms with Crippen LogP contribution < -0.4 is 11.0 Å². The zero-order valence-electron chi connectivity index (χ0n) is 15.2. The molecule has 2 amide bonds. The highest BCUT2D eigenvalue weighted by Crippen LogP contribution is 2.13. The van der Waals surface area contributed by atoms with E-state index in [1.165, 1.54) is 4.57 Å². The molecule has 1 N–H and O–H groups in total. The van der Waals surface area contributed by atoms with Gasteiger partial charge in [-0.3, -0.25) is 14.2 Å². The minimum absolute atomic E-state index is 0.0260. The average Bonchev–Trinajstić information content (AvgIpc) is 2.86. The number of rotatable bonds is 5. The molecule has 2 heterocycles. The summed E-state index contributed by atoms with van der Waals surface area (Å²) in [6, 6.07) is 7.93. The molecule has 0 atom stereocenters. The topological polar surface area (TPSA) is 89.2 Å². The van der Waals surface area contributed by atoms with Gasteiger partial charge in [-0.15, -0.1) is 5.10 Å². The van der Waals surface area contributed by atoms with E-state index in [4.69, 9.17) is 0 Å². The quantitative estimate of drug-likeness (QED) is 0.845. The lowest BCUT2D eigenvalue weighted by molar-refractivity contribution is -0.122. The monoisotopic (exact) mass is 357 g/mol. The van der Waals surface area contributed by atoms with Crippen molar-refractivity contribution in [2.24, 2.45) is 0 Å². The molecule has 138 valence electrons. The van der Waals surface area contributed by atoms with Crippen LogP contribution in [0.2, 0.25) is 0 Å². The molecule has 0 fully saturated rings. The average molecular weight is 357 g/mol. The largest absolute Gasteiger partial charge is 0.352 e. The Morgan fingerprint density at radius 2 is 2.04 bits per heavy atom. The third kappa shape index (κ3) is 3.68. The maximum atomic E-state index is 12.7. The Kier molecular flexibility index (Phi) is 4.92. The number of aryl methyl sites for hydroxylation is 1. The maximum Gasteiger partial charge on any atom is 0.346 e. The second kappa shape index (κ2) is 7.15. The van der Waals surface area contributed by atoms with Gasteiger partial charge in [-0.05, 0) is 26.3 Å². The van der Waals surface area contributed by atoms with Gasteiger partial charge in [0.05, 0.1) is 0 Å². The van der Waals surface area contributed by atoms with Crippen molar-refractivity contribution in [2.45, 2.75) is 46.4 Å². The number of fused-ring (bicyclic) bond motifs is 1. The molecule has 1 aliphatic heterocycles. The maximum absolute atomic E-state index is 12.7. The van der Waals surface area contributed by atoms with E-state index in [1.807, 2.05) is 45.0 Å². The molecule has 8 nitrogen and oxygen atoms in total. The summed E-state index contributed by atoms with van der Waals surface area (Å²) in [6.07, 6.45) is 0. The molecule has 0 aliphatic carbocycles. The molecule has 3 rings (SSSR count). The van der Waals surface area contributed by atoms with Crippen LogP contribution in [0.25, 0.3) is 0 Å². The summed E-state index contributed by atoms with van der Waals surface area (Å²) in [7, 11) is 0. The first-order valence-electron chi connectivity index (χ1n) is 8.67. The number of hydrogen-bond acceptors (Lipinski definition) is 4. The Balaban J connectivity index is 1.78. The van der Waals surface area contributed by atoms with Gasteiger partial charge < -0.3 is 10.2 Å². The first-order chi connectivity index (χ1) is 12.3. The summed E-state index contributed by atoms with van der Waals surface area (Å²) in [5.41, 5.74) is 1.73. The van der Waals surface area contributed by atoms with Crippen molar-refractivity contribution in [2.75, 3.05) is 6.54 Å². The van der Waals surface area contributed by atoms with Crippen molar-refractivity contribution in [1.29, 1.82) is 0 Å². The van der Waals surface area contributed by atoms with Crippen LogP contribution in [0.3, 0.4) is 0 Å². The van der Waals surface area contributed by atoms with Gasteiger partial charge in [0, 0.05) is 25.7 Å². The molecule has 0 saturated heterocycles. The lowest BCUT2D eigenvalue weighted by Crippen LogP contribution is -2.42. The van der Waals surface area contributed by atoms with Gasteiger partial charge in [-0.1, -0.05) is 29.8 Å². The van der Waals surface area contributed by atoms with Crippen LogP contribution in [-0.4, -0.2) is 43.6 Å². The van der Waals surface area contributed by atoms with Crippen molar-refractivity contribution in [3.63, 3.8) is 0 Å². The van der Waals surface area contributed by atoms with E-state index in [0.29, 0.717) is 19.6 Å². The zero-order chi connectivity index (χ0) is 18.8. The molecule has 0 radical (unpaired) electrons. The molecular formula is C18H23N5O3. The van der Waals surface area contributed by atoms with E-state index in [-0.39, 0.29) is 30.2 Å². The number of benzene rings is 1. The molecule has 26 heavy (non-hydrogen) atoms. The minimum atomic E-state index is -0.428. The number of nitrogens with one attached hydrogen (secondary N) is 1. The summed E-state index contributed by atoms with van der Waals surface area (Å²) in [4.78, 5) is 38.7. The van der Waals surface area contributed by atoms with Crippen molar-refractivity contribution in [3.05, 3.63) is 51.7 Å². The molecule has 0 spiro atoms. The Bertz CT molecular complexity index is 896. The lowest BCUT2D eigenvalue weighted by Gasteiger charge is -2.26. The zero-order valence-corrected chi connectivity index (χ0v) is 15.2. The molecule has 1 aromatic heterocycles. The third-order valence-corrected chi connectivity index (χ3v) is 4.19. The predicted octanol–water partition coefficient (Wildman–Crippen LogP) is 0.534. The van der Waals surface area contributed by atoms with Crippen molar-refractivity contribution in [3.8, 4) is 0 Å². The van der Waals surface area contributed by atoms with E-state index >= 15 is 0 Å². The highest BCUT2D eigenvalue weighted by atomic mass is 16.2. The first-order valence-corrected chi connectivity index (χ1v) is 8.67. The number of carbonyl (C=O) groups excluding carboxylic acids is 2. The van der Waals surface area contributed by atoms with Crippen LogP contribution in [0.4, 0.5) is 0 Å². The van der Waals surface area contributed by atoms with Gasteiger partial charge in [0.25, 0.3) is 5.91 Å². The SMILES string of the molecule is Cc1cccc(CN2CCn3c(nn(CC(=O)NC(C)C)c3=O)C2=O)c1. The molecule has 0 saturated carbocycles. The molecule has 1 aliphatic rings. The number of hydrogen-bond donors (Lipinski definition) is 1. The van der Waals surface area contributed by atoms with Crippen LogP contribution in [-0.2, 0) is 24.4 Å². The standard InChI is InChI=1S/C18H23N5O3/c1-12(2)19-15(24)11-23-18(26)22-8-7-21(17(25)16(22)20-23)10-14-6-4-5-13(3)9-14/h4-6,9,12H,7-8,10-11H2,1-3H3,(H,19,24). The minimum Gasteiger partial charge on any atom is -0.352 e. The van der Waals surface area contributed by atoms with Gasteiger partial charge in [-0.2, -0.15) is 0 Å². The second-order valence-corrected chi connectivity index (χ2v) is 6.85. The molecule has 0 unspecified atom stereocenters. The van der Waals surface area contributed by atoms with Crippen LogP contribution >= 0.6 is 0 Å². The Morgan fingerprint density at radius 1 is 1.27 bits per heavy atom. The number of amides is 2. The van der Waals surface area contributed by atoms with Crippen molar-refractivity contribution in [1.82, 2.24) is 24.6 Å². The Morgan fingerprint density at radius 3 is 2.73 bits per heavy atom. The van der Waals surface area contributed by atoms with Crippen molar-refractivity contribution < 1.29 is 9.59 Å². The van der Waals surface area contributed by atoms with Crippen LogP contribution in [0.1, 0.15) is 35.6 Å². The summed E-state index contributed by atoms with van der Waals surface area (Å²) >= 11 is 0. The van der Waals surface area contributed by atoms with E-state index in [0.717, 1.165) is 15.8 Å². The van der Waals surface area contributed by atoms with E-state index in [9.17, 15) is 14.4 Å². The van der Waals surface area contributed by atoms with Crippen LogP contribution in [0.5, 0.6) is 0 Å². The number of aromatic nitrogens is 3. The fourth-order valence-corrected chi connectivity index (χ4v) is 3.05. The number of carbonyl (C=O) groups is 2. The van der Waals surface area contributed by atoms with Crippen LogP contribution in [0, 0.1) is 6.92 Å². The van der Waals surface area contributed by atoms with E-state index in [1.54, 1.807) is 4.90 Å². The Hall–Kier alpha value is -2.90. The molecular weight excluding hydrogens is 334 g/mol. The first kappa shape index (κ1) is 17.9. The lowest BCUT2D eigenvalue weighted by atomic mass is 10.1. The van der Waals surface area contributed by atoms with E-state index < -0.39 is 5.69 Å². The normalized spacial score (nSPS) is 13.8. The highest BCUT2D eigenvalue weighted by Gasteiger charge is 2.30. The fourth-order valence-electron chi connectivity index (χ4n) is 3.05. The predicted molar refractivity (Wildman–Crippen MR) is 95.7 cm³/mol. The second-order valence-electron chi connectivity index (χ2n) is 6.85. The molecule has 1 aromatic carbocycles. The van der Waals surface area contributed by atoms with Gasteiger partial charge in [0.1, 0.15) is 6.54 Å². The summed E-state index contributed by atoms with van der Waals surface area (Å²) in [6.45, 7) is 6.76. The fraction of sp³-hybridized carbons (Fsp3) is 0.444.